The van der Waals surface area contributed by atoms with Gasteiger partial charge in [0.2, 0.25) is 10.0 Å². The number of hydrogen-bond acceptors (Lipinski definition) is 5. The summed E-state index contributed by atoms with van der Waals surface area (Å²) in [5, 5.41) is 2.76. The van der Waals surface area contributed by atoms with E-state index in [0.717, 1.165) is 38.5 Å². The fourth-order valence-electron chi connectivity index (χ4n) is 2.07. The predicted molar refractivity (Wildman–Crippen MR) is 100 cm³/mol. The molecule has 0 radical (unpaired) electrons. The maximum atomic E-state index is 13.1. The first-order valence-electron chi connectivity index (χ1n) is 7.23. The minimum absolute atomic E-state index is 0.00977. The molecule has 1 aromatic carbocycles. The molecule has 2 heterocycles. The molecule has 0 saturated heterocycles. The van der Waals surface area contributed by atoms with Crippen LogP contribution in [0.1, 0.15) is 16.1 Å². The minimum atomic E-state index is -3.68. The van der Waals surface area contributed by atoms with Gasteiger partial charge in [-0.05, 0) is 37.6 Å². The lowest BCUT2D eigenvalue weighted by molar-refractivity contribution is 0.583. The van der Waals surface area contributed by atoms with Crippen LogP contribution in [0, 0.1) is 19.7 Å². The van der Waals surface area contributed by atoms with Crippen LogP contribution in [0.3, 0.4) is 0 Å². The number of hydrogen-bond donors (Lipinski definition) is 1. The van der Waals surface area contributed by atoms with Crippen molar-refractivity contribution in [3.05, 3.63) is 56.6 Å². The Labute approximate surface area is 158 Å². The standard InChI is InChI=1S/C16H14ClFN2O2S3/c1-9-10(2)24-16(20-9)12-5-15(23-8-12)25(21,22)19-7-11-3-4-13(18)6-14(11)17/h3-6,8,19H,7H2,1-2H3. The second-order valence-corrected chi connectivity index (χ2v) is 9.89. The van der Waals surface area contributed by atoms with Gasteiger partial charge >= 0.3 is 0 Å². The van der Waals surface area contributed by atoms with E-state index >= 15 is 0 Å². The monoisotopic (exact) mass is 416 g/mol. The van der Waals surface area contributed by atoms with Crippen molar-refractivity contribution in [2.45, 2.75) is 24.6 Å². The Balaban J connectivity index is 1.78. The quantitative estimate of drug-likeness (QED) is 0.652. The van der Waals surface area contributed by atoms with Crippen molar-refractivity contribution in [3.8, 4) is 10.6 Å². The molecule has 2 aromatic heterocycles. The summed E-state index contributed by atoms with van der Waals surface area (Å²) in [4.78, 5) is 5.55. The number of benzene rings is 1. The third-order valence-corrected chi connectivity index (χ3v) is 7.90. The molecule has 0 spiro atoms. The number of aromatic nitrogens is 1. The Kier molecular flexibility index (Phi) is 5.26. The Morgan fingerprint density at radius 3 is 2.68 bits per heavy atom. The summed E-state index contributed by atoms with van der Waals surface area (Å²) >= 11 is 8.59. The van der Waals surface area contributed by atoms with Crippen LogP contribution in [-0.4, -0.2) is 13.4 Å². The van der Waals surface area contributed by atoms with Gasteiger partial charge in [0.25, 0.3) is 0 Å². The first kappa shape index (κ1) is 18.5. The lowest BCUT2D eigenvalue weighted by Gasteiger charge is -2.06. The second kappa shape index (κ2) is 7.13. The topological polar surface area (TPSA) is 59.1 Å². The minimum Gasteiger partial charge on any atom is -0.241 e. The summed E-state index contributed by atoms with van der Waals surface area (Å²) in [5.74, 6) is -0.464. The van der Waals surface area contributed by atoms with Crippen molar-refractivity contribution >= 4 is 44.3 Å². The summed E-state index contributed by atoms with van der Waals surface area (Å²) < 4.78 is 40.7. The average Bonchev–Trinajstić information content (AvgIpc) is 3.15. The number of nitrogens with zero attached hydrogens (tertiary/aromatic N) is 1. The van der Waals surface area contributed by atoms with Gasteiger partial charge in [-0.1, -0.05) is 17.7 Å². The van der Waals surface area contributed by atoms with Crippen LogP contribution in [0.5, 0.6) is 0 Å². The Morgan fingerprint density at radius 1 is 1.28 bits per heavy atom. The molecular formula is C16H14ClFN2O2S3. The number of thiophene rings is 1. The molecule has 1 N–H and O–H groups in total. The van der Waals surface area contributed by atoms with Gasteiger partial charge < -0.3 is 0 Å². The lowest BCUT2D eigenvalue weighted by atomic mass is 10.2. The van der Waals surface area contributed by atoms with Crippen molar-refractivity contribution < 1.29 is 12.8 Å². The van der Waals surface area contributed by atoms with E-state index in [4.69, 9.17) is 11.6 Å². The average molecular weight is 417 g/mol. The fourth-order valence-corrected chi connectivity index (χ4v) is 5.50. The summed E-state index contributed by atoms with van der Waals surface area (Å²) in [7, 11) is -3.68. The van der Waals surface area contributed by atoms with Crippen LogP contribution in [0.25, 0.3) is 10.6 Å². The van der Waals surface area contributed by atoms with Gasteiger partial charge in [0.05, 0.1) is 5.69 Å². The third-order valence-electron chi connectivity index (χ3n) is 3.58. The summed E-state index contributed by atoms with van der Waals surface area (Å²) in [6.07, 6.45) is 0. The molecule has 0 aliphatic rings. The molecule has 0 aliphatic carbocycles. The second-order valence-electron chi connectivity index (χ2n) is 5.38. The highest BCUT2D eigenvalue weighted by Crippen LogP contribution is 2.32. The molecule has 4 nitrogen and oxygen atoms in total. The SMILES string of the molecule is Cc1nc(-c2csc(S(=O)(=O)NCc3ccc(F)cc3Cl)c2)sc1C. The fraction of sp³-hybridized carbons (Fsp3) is 0.188. The zero-order valence-corrected chi connectivity index (χ0v) is 16.5. The van der Waals surface area contributed by atoms with Crippen molar-refractivity contribution in [2.75, 3.05) is 0 Å². The number of nitrogens with one attached hydrogen (secondary N) is 1. The number of sulfonamides is 1. The molecule has 0 bridgehead atoms. The highest BCUT2D eigenvalue weighted by atomic mass is 35.5. The van der Waals surface area contributed by atoms with Crippen molar-refractivity contribution in [1.29, 1.82) is 0 Å². The number of thiazole rings is 1. The smallest absolute Gasteiger partial charge is 0.241 e. The first-order chi connectivity index (χ1) is 11.8. The third kappa shape index (κ3) is 4.09. The molecular weight excluding hydrogens is 403 g/mol. The predicted octanol–water partition coefficient (Wildman–Crippen LogP) is 4.76. The van der Waals surface area contributed by atoms with Crippen LogP contribution < -0.4 is 4.72 Å². The van der Waals surface area contributed by atoms with E-state index in [2.05, 4.69) is 9.71 Å². The van der Waals surface area contributed by atoms with Gasteiger partial charge in [0.1, 0.15) is 15.0 Å². The molecule has 0 atom stereocenters. The van der Waals surface area contributed by atoms with Crippen LogP contribution in [0.4, 0.5) is 4.39 Å². The molecule has 3 aromatic rings. The largest absolute Gasteiger partial charge is 0.250 e. The highest BCUT2D eigenvalue weighted by Gasteiger charge is 2.19. The van der Waals surface area contributed by atoms with E-state index in [1.807, 2.05) is 13.8 Å². The van der Waals surface area contributed by atoms with Crippen LogP contribution in [0.2, 0.25) is 5.02 Å². The molecule has 9 heteroatoms. The lowest BCUT2D eigenvalue weighted by Crippen LogP contribution is -2.22. The Morgan fingerprint density at radius 2 is 2.04 bits per heavy atom. The van der Waals surface area contributed by atoms with Gasteiger partial charge in [-0.25, -0.2) is 22.5 Å². The van der Waals surface area contributed by atoms with Crippen LogP contribution in [-0.2, 0) is 16.6 Å². The van der Waals surface area contributed by atoms with Gasteiger partial charge in [-0.2, -0.15) is 0 Å². The maximum absolute atomic E-state index is 13.1. The molecule has 0 aliphatic heterocycles. The first-order valence-corrected chi connectivity index (χ1v) is 10.8. The number of halogens is 2. The normalized spacial score (nSPS) is 11.8. The Hall–Kier alpha value is -1.32. The van der Waals surface area contributed by atoms with Gasteiger partial charge in [-0.3, -0.25) is 0 Å². The summed E-state index contributed by atoms with van der Waals surface area (Å²) in [6, 6.07) is 5.46. The van der Waals surface area contributed by atoms with Crippen molar-refractivity contribution in [3.63, 3.8) is 0 Å². The summed E-state index contributed by atoms with van der Waals surface area (Å²) in [6.45, 7) is 3.89. The van der Waals surface area contributed by atoms with Gasteiger partial charge in [0.15, 0.2) is 0 Å². The van der Waals surface area contributed by atoms with Crippen molar-refractivity contribution in [1.82, 2.24) is 9.71 Å². The van der Waals surface area contributed by atoms with Gasteiger partial charge in [-0.15, -0.1) is 22.7 Å². The molecule has 0 unspecified atom stereocenters. The van der Waals surface area contributed by atoms with E-state index in [1.165, 1.54) is 23.5 Å². The van der Waals surface area contributed by atoms with Crippen LogP contribution in [0.15, 0.2) is 33.9 Å². The zero-order chi connectivity index (χ0) is 18.2. The Bertz CT molecular complexity index is 1010. The number of rotatable bonds is 5. The van der Waals surface area contributed by atoms with E-state index in [9.17, 15) is 12.8 Å². The molecule has 0 saturated carbocycles. The molecule has 132 valence electrons. The maximum Gasteiger partial charge on any atom is 0.250 e. The van der Waals surface area contributed by atoms with Crippen LogP contribution >= 0.6 is 34.3 Å². The van der Waals surface area contributed by atoms with E-state index in [-0.39, 0.29) is 15.8 Å². The van der Waals surface area contributed by atoms with E-state index < -0.39 is 15.8 Å². The highest BCUT2D eigenvalue weighted by molar-refractivity contribution is 7.91. The summed E-state index contributed by atoms with van der Waals surface area (Å²) in [5.41, 5.74) is 2.24. The molecule has 25 heavy (non-hydrogen) atoms. The van der Waals surface area contributed by atoms with Gasteiger partial charge in [0, 0.05) is 27.4 Å². The van der Waals surface area contributed by atoms with E-state index in [1.54, 1.807) is 11.4 Å². The zero-order valence-electron chi connectivity index (χ0n) is 13.3. The van der Waals surface area contributed by atoms with Crippen molar-refractivity contribution in [2.24, 2.45) is 0 Å². The number of aryl methyl sites for hydroxylation is 2. The molecule has 0 fully saturated rings. The molecule has 0 amide bonds. The van der Waals surface area contributed by atoms with E-state index in [0.29, 0.717) is 5.56 Å². The molecule has 3 rings (SSSR count).